The number of rotatable bonds is 7. The number of halogens is 1. The number of benzene rings is 1. The first-order chi connectivity index (χ1) is 9.81. The van der Waals surface area contributed by atoms with Crippen molar-refractivity contribution >= 4 is 37.5 Å². The summed E-state index contributed by atoms with van der Waals surface area (Å²) in [5, 5.41) is 2.59. The molecule has 0 fully saturated rings. The second-order valence-electron chi connectivity index (χ2n) is 4.13. The molecule has 1 aromatic carbocycles. The van der Waals surface area contributed by atoms with Gasteiger partial charge in [0.25, 0.3) is 0 Å². The number of hydrogen-bond acceptors (Lipinski definition) is 5. The average Bonchev–Trinajstić information content (AvgIpc) is 2.41. The summed E-state index contributed by atoms with van der Waals surface area (Å²) in [6.07, 6.45) is 0.0569. The van der Waals surface area contributed by atoms with Crippen molar-refractivity contribution < 1.29 is 17.9 Å². The van der Waals surface area contributed by atoms with E-state index in [2.05, 4.69) is 26.0 Å². The van der Waals surface area contributed by atoms with Gasteiger partial charge in [0.15, 0.2) is 0 Å². The molecule has 4 N–H and O–H groups in total. The van der Waals surface area contributed by atoms with Gasteiger partial charge in [-0.05, 0) is 35.0 Å². The molecule has 0 heterocycles. The smallest absolute Gasteiger partial charge is 0.244 e. The minimum atomic E-state index is -3.81. The number of carbonyl (C=O) groups is 1. The van der Waals surface area contributed by atoms with Crippen molar-refractivity contribution in [3.8, 4) is 5.75 Å². The van der Waals surface area contributed by atoms with Crippen LogP contribution in [0, 0.1) is 0 Å². The molecule has 1 rings (SSSR count). The van der Waals surface area contributed by atoms with E-state index in [-0.39, 0.29) is 35.2 Å². The highest BCUT2D eigenvalue weighted by Gasteiger charge is 2.21. The fraction of sp³-hybridized carbons (Fsp3) is 0.417. The maximum Gasteiger partial charge on any atom is 0.244 e. The van der Waals surface area contributed by atoms with Gasteiger partial charge in [0.2, 0.25) is 15.9 Å². The SMILES string of the molecule is CCNC(=O)CCNS(=O)(=O)c1cc(N)c(Br)cc1OC. The third kappa shape index (κ3) is 4.87. The zero-order chi connectivity index (χ0) is 16.0. The van der Waals surface area contributed by atoms with E-state index in [1.807, 2.05) is 0 Å². The highest BCUT2D eigenvalue weighted by atomic mass is 79.9. The van der Waals surface area contributed by atoms with Crippen molar-refractivity contribution in [1.82, 2.24) is 10.0 Å². The molecule has 0 aliphatic heterocycles. The summed E-state index contributed by atoms with van der Waals surface area (Å²) in [5.74, 6) is -0.0518. The Hall–Kier alpha value is -1.32. The van der Waals surface area contributed by atoms with Crippen molar-refractivity contribution in [2.24, 2.45) is 0 Å². The Labute approximate surface area is 132 Å². The normalized spacial score (nSPS) is 11.2. The number of amides is 1. The third-order valence-electron chi connectivity index (χ3n) is 2.59. The highest BCUT2D eigenvalue weighted by molar-refractivity contribution is 9.10. The van der Waals surface area contributed by atoms with E-state index in [4.69, 9.17) is 10.5 Å². The summed E-state index contributed by atoms with van der Waals surface area (Å²) < 4.78 is 32.4. The van der Waals surface area contributed by atoms with Crippen LogP contribution in [0.3, 0.4) is 0 Å². The van der Waals surface area contributed by atoms with Gasteiger partial charge in [-0.1, -0.05) is 0 Å². The second-order valence-corrected chi connectivity index (χ2v) is 6.72. The first-order valence-corrected chi connectivity index (χ1v) is 8.48. The van der Waals surface area contributed by atoms with E-state index in [9.17, 15) is 13.2 Å². The van der Waals surface area contributed by atoms with E-state index in [1.165, 1.54) is 19.2 Å². The Morgan fingerprint density at radius 1 is 1.43 bits per heavy atom. The lowest BCUT2D eigenvalue weighted by Crippen LogP contribution is -2.30. The first kappa shape index (κ1) is 17.7. The number of hydrogen-bond donors (Lipinski definition) is 3. The zero-order valence-electron chi connectivity index (χ0n) is 11.8. The molecule has 0 aliphatic carbocycles. The maximum absolute atomic E-state index is 12.2. The number of nitrogens with one attached hydrogen (secondary N) is 2. The van der Waals surface area contributed by atoms with Crippen LogP contribution in [-0.2, 0) is 14.8 Å². The fourth-order valence-electron chi connectivity index (χ4n) is 1.58. The zero-order valence-corrected chi connectivity index (χ0v) is 14.2. The van der Waals surface area contributed by atoms with Gasteiger partial charge in [-0.2, -0.15) is 0 Å². The van der Waals surface area contributed by atoms with Gasteiger partial charge in [0.1, 0.15) is 10.6 Å². The molecule has 118 valence electrons. The predicted octanol–water partition coefficient (Wildman–Crippen LogP) is 0.844. The Morgan fingerprint density at radius 3 is 2.67 bits per heavy atom. The molecule has 7 nitrogen and oxygen atoms in total. The highest BCUT2D eigenvalue weighted by Crippen LogP contribution is 2.32. The van der Waals surface area contributed by atoms with Crippen LogP contribution in [0.4, 0.5) is 5.69 Å². The molecule has 9 heteroatoms. The summed E-state index contributed by atoms with van der Waals surface area (Å²) >= 11 is 3.20. The molecule has 0 spiro atoms. The van der Waals surface area contributed by atoms with Gasteiger partial charge in [0.05, 0.1) is 7.11 Å². The van der Waals surface area contributed by atoms with E-state index in [1.54, 1.807) is 6.92 Å². The molecular formula is C12H18BrN3O4S. The molecule has 0 aromatic heterocycles. The van der Waals surface area contributed by atoms with Crippen LogP contribution < -0.4 is 20.5 Å². The topological polar surface area (TPSA) is 111 Å². The summed E-state index contributed by atoms with van der Waals surface area (Å²) in [6.45, 7) is 2.29. The molecule has 0 atom stereocenters. The van der Waals surface area contributed by atoms with E-state index in [0.717, 1.165) is 0 Å². The number of carbonyl (C=O) groups excluding carboxylic acids is 1. The molecular weight excluding hydrogens is 362 g/mol. The second kappa shape index (κ2) is 7.62. The molecule has 0 radical (unpaired) electrons. The van der Waals surface area contributed by atoms with Gasteiger partial charge in [0, 0.05) is 29.7 Å². The number of nitrogen functional groups attached to an aromatic ring is 1. The molecule has 21 heavy (non-hydrogen) atoms. The van der Waals surface area contributed by atoms with Crippen molar-refractivity contribution in [3.63, 3.8) is 0 Å². The number of anilines is 1. The van der Waals surface area contributed by atoms with Crippen LogP contribution >= 0.6 is 15.9 Å². The maximum atomic E-state index is 12.2. The minimum absolute atomic E-state index is 0.00666. The fourth-order valence-corrected chi connectivity index (χ4v) is 3.12. The van der Waals surface area contributed by atoms with Gasteiger partial charge in [-0.15, -0.1) is 0 Å². The molecule has 0 saturated carbocycles. The van der Waals surface area contributed by atoms with Crippen molar-refractivity contribution in [2.45, 2.75) is 18.2 Å². The van der Waals surface area contributed by atoms with Gasteiger partial charge >= 0.3 is 0 Å². The average molecular weight is 380 g/mol. The molecule has 0 unspecified atom stereocenters. The molecule has 1 aromatic rings. The third-order valence-corrected chi connectivity index (χ3v) is 4.76. The van der Waals surface area contributed by atoms with Crippen molar-refractivity contribution in [3.05, 3.63) is 16.6 Å². The van der Waals surface area contributed by atoms with Crippen LogP contribution in [0.5, 0.6) is 5.75 Å². The lowest BCUT2D eigenvalue weighted by atomic mass is 10.3. The van der Waals surface area contributed by atoms with Crippen LogP contribution in [0.15, 0.2) is 21.5 Å². The summed E-state index contributed by atoms with van der Waals surface area (Å²) in [7, 11) is -2.44. The Morgan fingerprint density at radius 2 is 2.10 bits per heavy atom. The summed E-state index contributed by atoms with van der Waals surface area (Å²) in [6, 6.07) is 2.78. The molecule has 0 saturated heterocycles. The number of ether oxygens (including phenoxy) is 1. The van der Waals surface area contributed by atoms with Crippen molar-refractivity contribution in [1.29, 1.82) is 0 Å². The number of nitrogens with two attached hydrogens (primary N) is 1. The van der Waals surface area contributed by atoms with Gasteiger partial charge in [-0.25, -0.2) is 13.1 Å². The lowest BCUT2D eigenvalue weighted by Gasteiger charge is -2.12. The lowest BCUT2D eigenvalue weighted by molar-refractivity contribution is -0.120. The van der Waals surface area contributed by atoms with Crippen LogP contribution in [0.25, 0.3) is 0 Å². The summed E-state index contributed by atoms with van der Waals surface area (Å²) in [4.78, 5) is 11.2. The molecule has 0 bridgehead atoms. The Bertz CT molecular complexity index is 619. The first-order valence-electron chi connectivity index (χ1n) is 6.21. The number of sulfonamides is 1. The van der Waals surface area contributed by atoms with Crippen LogP contribution in [-0.4, -0.2) is 34.5 Å². The quantitative estimate of drug-likeness (QED) is 0.608. The monoisotopic (exact) mass is 379 g/mol. The van der Waals surface area contributed by atoms with E-state index < -0.39 is 10.0 Å². The van der Waals surface area contributed by atoms with Gasteiger partial charge < -0.3 is 15.8 Å². The Balaban J connectivity index is 2.88. The van der Waals surface area contributed by atoms with Crippen molar-refractivity contribution in [2.75, 3.05) is 25.9 Å². The molecule has 0 aliphatic rings. The van der Waals surface area contributed by atoms with Gasteiger partial charge in [-0.3, -0.25) is 4.79 Å². The number of methoxy groups -OCH3 is 1. The van der Waals surface area contributed by atoms with E-state index in [0.29, 0.717) is 11.0 Å². The standard InChI is InChI=1S/C12H18BrN3O4S/c1-3-15-12(17)4-5-16-21(18,19)11-7-9(14)8(13)6-10(11)20-2/h6-7,16H,3-5,14H2,1-2H3,(H,15,17). The largest absolute Gasteiger partial charge is 0.495 e. The summed E-state index contributed by atoms with van der Waals surface area (Å²) in [5.41, 5.74) is 5.98. The van der Waals surface area contributed by atoms with Crippen LogP contribution in [0.1, 0.15) is 13.3 Å². The van der Waals surface area contributed by atoms with Crippen LogP contribution in [0.2, 0.25) is 0 Å². The van der Waals surface area contributed by atoms with E-state index >= 15 is 0 Å². The predicted molar refractivity (Wildman–Crippen MR) is 83.6 cm³/mol. The molecule has 1 amide bonds. The Kier molecular flexibility index (Phi) is 6.43. The minimum Gasteiger partial charge on any atom is -0.495 e.